The summed E-state index contributed by atoms with van der Waals surface area (Å²) in [5.74, 6) is -1.18. The van der Waals surface area contributed by atoms with Crippen LogP contribution in [0.15, 0.2) is 0 Å². The summed E-state index contributed by atoms with van der Waals surface area (Å²) in [7, 11) is -2.93. The number of carboxylic acid groups (broad SMARTS) is 1. The number of sulfone groups is 1. The molecule has 0 spiro atoms. The molecule has 8 heteroatoms. The maximum Gasteiger partial charge on any atom is 0.315 e. The Morgan fingerprint density at radius 1 is 1.32 bits per heavy atom. The van der Waals surface area contributed by atoms with Gasteiger partial charge < -0.3 is 15.7 Å². The maximum absolute atomic E-state index is 11.5. The van der Waals surface area contributed by atoms with Gasteiger partial charge in [-0.3, -0.25) is 4.79 Å². The predicted molar refractivity (Wildman–Crippen MR) is 69.6 cm³/mol. The van der Waals surface area contributed by atoms with Gasteiger partial charge in [-0.1, -0.05) is 6.92 Å². The number of hydrogen-bond donors (Lipinski definition) is 3. The summed E-state index contributed by atoms with van der Waals surface area (Å²) < 4.78 is 22.4. The van der Waals surface area contributed by atoms with Crippen LogP contribution in [0.1, 0.15) is 26.2 Å². The van der Waals surface area contributed by atoms with E-state index in [0.29, 0.717) is 19.3 Å². The number of aliphatic carboxylic acids is 1. The number of hydrogen-bond acceptors (Lipinski definition) is 4. The lowest BCUT2D eigenvalue weighted by Crippen LogP contribution is -2.46. The van der Waals surface area contributed by atoms with Crippen molar-refractivity contribution < 1.29 is 23.1 Å². The third-order valence-electron chi connectivity index (χ3n) is 3.17. The maximum atomic E-state index is 11.5. The number of carbonyl (C=O) groups is 2. The first-order chi connectivity index (χ1) is 8.80. The van der Waals surface area contributed by atoms with E-state index in [1.165, 1.54) is 0 Å². The molecule has 1 aliphatic heterocycles. The van der Waals surface area contributed by atoms with Crippen LogP contribution in [-0.2, 0) is 14.6 Å². The van der Waals surface area contributed by atoms with Gasteiger partial charge in [0.05, 0.1) is 17.4 Å². The van der Waals surface area contributed by atoms with Crippen LogP contribution in [0.3, 0.4) is 0 Å². The van der Waals surface area contributed by atoms with Crippen LogP contribution in [0.4, 0.5) is 4.79 Å². The summed E-state index contributed by atoms with van der Waals surface area (Å²) in [5, 5.41) is 13.9. The minimum atomic E-state index is -2.93. The van der Waals surface area contributed by atoms with Crippen molar-refractivity contribution >= 4 is 21.8 Å². The normalized spacial score (nSPS) is 20.5. The number of nitrogens with one attached hydrogen (secondary N) is 2. The molecule has 0 saturated carbocycles. The van der Waals surface area contributed by atoms with E-state index in [9.17, 15) is 18.0 Å². The fraction of sp³-hybridized carbons (Fsp3) is 0.818. The molecule has 0 aromatic rings. The zero-order valence-corrected chi connectivity index (χ0v) is 11.7. The van der Waals surface area contributed by atoms with Gasteiger partial charge in [0.25, 0.3) is 0 Å². The van der Waals surface area contributed by atoms with Gasteiger partial charge in [-0.25, -0.2) is 13.2 Å². The second kappa shape index (κ2) is 6.74. The van der Waals surface area contributed by atoms with Gasteiger partial charge in [0, 0.05) is 12.6 Å². The molecule has 110 valence electrons. The zero-order valence-electron chi connectivity index (χ0n) is 10.9. The highest BCUT2D eigenvalue weighted by atomic mass is 32.2. The van der Waals surface area contributed by atoms with Crippen molar-refractivity contribution in [3.05, 3.63) is 0 Å². The monoisotopic (exact) mass is 292 g/mol. The van der Waals surface area contributed by atoms with Crippen LogP contribution < -0.4 is 10.6 Å². The molecule has 3 N–H and O–H groups in total. The van der Waals surface area contributed by atoms with Crippen molar-refractivity contribution in [1.29, 1.82) is 0 Å². The first-order valence-corrected chi connectivity index (χ1v) is 8.10. The Labute approximate surface area is 112 Å². The van der Waals surface area contributed by atoms with Gasteiger partial charge in [0.2, 0.25) is 0 Å². The highest BCUT2D eigenvalue weighted by Gasteiger charge is 2.24. The summed E-state index contributed by atoms with van der Waals surface area (Å²) in [6.45, 7) is 1.86. The molecule has 1 aliphatic rings. The number of carbonyl (C=O) groups excluding carboxylic acids is 1. The molecule has 0 bridgehead atoms. The summed E-state index contributed by atoms with van der Waals surface area (Å²) in [4.78, 5) is 22.1. The first kappa shape index (κ1) is 15.7. The standard InChI is InChI=1S/C11H20N2O5S/c1-8(10(14)15)2-5-12-11(16)13-9-3-6-19(17,18)7-4-9/h8-9H,2-7H2,1H3,(H,14,15)(H2,12,13,16). The fourth-order valence-corrected chi connectivity index (χ4v) is 3.29. The summed E-state index contributed by atoms with van der Waals surface area (Å²) in [6, 6.07) is -0.498. The molecule has 0 aromatic carbocycles. The van der Waals surface area contributed by atoms with Gasteiger partial charge in [-0.05, 0) is 19.3 Å². The molecule has 1 unspecified atom stereocenters. The highest BCUT2D eigenvalue weighted by molar-refractivity contribution is 7.91. The summed E-state index contributed by atoms with van der Waals surface area (Å²) in [6.07, 6.45) is 1.23. The Morgan fingerprint density at radius 3 is 2.42 bits per heavy atom. The summed E-state index contributed by atoms with van der Waals surface area (Å²) >= 11 is 0. The van der Waals surface area contributed by atoms with Gasteiger partial charge in [0.15, 0.2) is 0 Å². The van der Waals surface area contributed by atoms with Gasteiger partial charge >= 0.3 is 12.0 Å². The van der Waals surface area contributed by atoms with Gasteiger partial charge in [0.1, 0.15) is 9.84 Å². The topological polar surface area (TPSA) is 113 Å². The molecule has 1 atom stereocenters. The molecule has 1 fully saturated rings. The minimum absolute atomic E-state index is 0.105. The first-order valence-electron chi connectivity index (χ1n) is 6.28. The molecule has 1 rings (SSSR count). The van der Waals surface area contributed by atoms with Crippen molar-refractivity contribution in [3.8, 4) is 0 Å². The van der Waals surface area contributed by atoms with Crippen molar-refractivity contribution in [2.75, 3.05) is 18.1 Å². The number of urea groups is 1. The quantitative estimate of drug-likeness (QED) is 0.659. The van der Waals surface area contributed by atoms with E-state index in [2.05, 4.69) is 10.6 Å². The molecular weight excluding hydrogens is 272 g/mol. The Kier molecular flexibility index (Phi) is 5.59. The lowest BCUT2D eigenvalue weighted by atomic mass is 10.1. The number of rotatable bonds is 5. The smallest absolute Gasteiger partial charge is 0.315 e. The molecule has 1 saturated heterocycles. The van der Waals surface area contributed by atoms with Crippen LogP contribution in [0.25, 0.3) is 0 Å². The van der Waals surface area contributed by atoms with E-state index in [4.69, 9.17) is 5.11 Å². The fourth-order valence-electron chi connectivity index (χ4n) is 1.80. The Morgan fingerprint density at radius 2 is 1.89 bits per heavy atom. The average molecular weight is 292 g/mol. The number of carboxylic acids is 1. The molecule has 0 aromatic heterocycles. The lowest BCUT2D eigenvalue weighted by Gasteiger charge is -2.23. The summed E-state index contributed by atoms with van der Waals surface area (Å²) in [5.41, 5.74) is 0. The molecule has 19 heavy (non-hydrogen) atoms. The number of amides is 2. The predicted octanol–water partition coefficient (Wildman–Crippen LogP) is -0.0264. The van der Waals surface area contributed by atoms with E-state index in [0.717, 1.165) is 0 Å². The minimum Gasteiger partial charge on any atom is -0.481 e. The second-order valence-electron chi connectivity index (χ2n) is 4.85. The van der Waals surface area contributed by atoms with E-state index < -0.39 is 21.7 Å². The van der Waals surface area contributed by atoms with Crippen molar-refractivity contribution in [2.45, 2.75) is 32.2 Å². The molecule has 0 radical (unpaired) electrons. The third kappa shape index (κ3) is 5.91. The Balaban J connectivity index is 2.20. The molecule has 0 aliphatic carbocycles. The lowest BCUT2D eigenvalue weighted by molar-refractivity contribution is -0.141. The van der Waals surface area contributed by atoms with Crippen LogP contribution >= 0.6 is 0 Å². The van der Waals surface area contributed by atoms with Crippen LogP contribution in [-0.4, -0.2) is 49.6 Å². The Hall–Kier alpha value is -1.31. The Bertz CT molecular complexity index is 420. The van der Waals surface area contributed by atoms with Crippen LogP contribution in [0, 0.1) is 5.92 Å². The van der Waals surface area contributed by atoms with Crippen molar-refractivity contribution in [2.24, 2.45) is 5.92 Å². The van der Waals surface area contributed by atoms with Gasteiger partial charge in [-0.2, -0.15) is 0 Å². The van der Waals surface area contributed by atoms with E-state index in [-0.39, 0.29) is 30.1 Å². The SMILES string of the molecule is CC(CCNC(=O)NC1CCS(=O)(=O)CC1)C(=O)O. The largest absolute Gasteiger partial charge is 0.481 e. The van der Waals surface area contributed by atoms with Crippen LogP contribution in [0.5, 0.6) is 0 Å². The van der Waals surface area contributed by atoms with E-state index in [1.54, 1.807) is 6.92 Å². The molecule has 7 nitrogen and oxygen atoms in total. The van der Waals surface area contributed by atoms with Gasteiger partial charge in [-0.15, -0.1) is 0 Å². The van der Waals surface area contributed by atoms with Crippen molar-refractivity contribution in [3.63, 3.8) is 0 Å². The molecule has 2 amide bonds. The van der Waals surface area contributed by atoms with E-state index in [1.807, 2.05) is 0 Å². The third-order valence-corrected chi connectivity index (χ3v) is 4.89. The second-order valence-corrected chi connectivity index (χ2v) is 7.16. The van der Waals surface area contributed by atoms with E-state index >= 15 is 0 Å². The van der Waals surface area contributed by atoms with Crippen LogP contribution in [0.2, 0.25) is 0 Å². The van der Waals surface area contributed by atoms with Crippen molar-refractivity contribution in [1.82, 2.24) is 10.6 Å². The molecule has 1 heterocycles. The molecular formula is C11H20N2O5S. The highest BCUT2D eigenvalue weighted by Crippen LogP contribution is 2.11. The zero-order chi connectivity index (χ0) is 14.5. The average Bonchev–Trinajstić information content (AvgIpc) is 2.31.